The molecule has 0 atom stereocenters. The van der Waals surface area contributed by atoms with E-state index < -0.39 is 5.60 Å². The lowest BCUT2D eigenvalue weighted by atomic mass is 10.0. The summed E-state index contributed by atoms with van der Waals surface area (Å²) < 4.78 is 0. The Morgan fingerprint density at radius 3 is 2.78 bits per heavy atom. The molecule has 1 aromatic heterocycles. The molecular weight excluding hydrogens is 226 g/mol. The maximum absolute atomic E-state index is 10.4. The number of nitrogens with one attached hydrogen (secondary N) is 1. The van der Waals surface area contributed by atoms with Crippen molar-refractivity contribution < 1.29 is 5.11 Å². The number of nitrogens with zero attached hydrogens (tertiary/aromatic N) is 2. The molecule has 1 aromatic rings. The fraction of sp³-hybridized carbons (Fsp3) is 0.643. The fourth-order valence-electron chi connectivity index (χ4n) is 2.66. The van der Waals surface area contributed by atoms with Gasteiger partial charge in [0.2, 0.25) is 0 Å². The molecule has 0 saturated heterocycles. The van der Waals surface area contributed by atoms with Gasteiger partial charge in [0, 0.05) is 20.1 Å². The van der Waals surface area contributed by atoms with Crippen molar-refractivity contribution in [2.75, 3.05) is 30.4 Å². The van der Waals surface area contributed by atoms with Crippen molar-refractivity contribution in [3.8, 4) is 0 Å². The molecule has 1 aliphatic rings. The maximum atomic E-state index is 10.4. The molecule has 2 rings (SSSR count). The first-order valence-electron chi connectivity index (χ1n) is 6.75. The molecule has 0 spiro atoms. The lowest BCUT2D eigenvalue weighted by Gasteiger charge is -2.30. The van der Waals surface area contributed by atoms with Crippen LogP contribution in [0.4, 0.5) is 11.4 Å². The van der Waals surface area contributed by atoms with E-state index in [2.05, 4.69) is 28.2 Å². The molecule has 0 bridgehead atoms. The zero-order valence-electron chi connectivity index (χ0n) is 11.3. The molecule has 4 nitrogen and oxygen atoms in total. The van der Waals surface area contributed by atoms with Crippen molar-refractivity contribution in [2.45, 2.75) is 38.2 Å². The van der Waals surface area contributed by atoms with Crippen LogP contribution >= 0.6 is 0 Å². The van der Waals surface area contributed by atoms with Crippen molar-refractivity contribution in [3.05, 3.63) is 18.5 Å². The Morgan fingerprint density at radius 1 is 1.39 bits per heavy atom. The number of pyridine rings is 1. The van der Waals surface area contributed by atoms with Crippen LogP contribution in [-0.2, 0) is 0 Å². The predicted molar refractivity (Wildman–Crippen MR) is 75.1 cm³/mol. The SMILES string of the molecule is CCNc1cncc(N(C)CC2(O)CCCC2)c1. The molecule has 2 N–H and O–H groups in total. The average molecular weight is 249 g/mol. The first-order valence-corrected chi connectivity index (χ1v) is 6.75. The van der Waals surface area contributed by atoms with Crippen LogP contribution in [0.15, 0.2) is 18.5 Å². The molecule has 0 unspecified atom stereocenters. The Kier molecular flexibility index (Phi) is 4.07. The van der Waals surface area contributed by atoms with E-state index in [0.717, 1.165) is 43.6 Å². The van der Waals surface area contributed by atoms with E-state index in [1.165, 1.54) is 0 Å². The largest absolute Gasteiger partial charge is 0.388 e. The van der Waals surface area contributed by atoms with Crippen LogP contribution in [0.25, 0.3) is 0 Å². The van der Waals surface area contributed by atoms with Gasteiger partial charge in [-0.15, -0.1) is 0 Å². The van der Waals surface area contributed by atoms with Gasteiger partial charge in [-0.3, -0.25) is 4.98 Å². The summed E-state index contributed by atoms with van der Waals surface area (Å²) in [7, 11) is 2.02. The number of hydrogen-bond donors (Lipinski definition) is 2. The van der Waals surface area contributed by atoms with Crippen molar-refractivity contribution in [2.24, 2.45) is 0 Å². The molecular formula is C14H23N3O. The minimum absolute atomic E-state index is 0.511. The summed E-state index contributed by atoms with van der Waals surface area (Å²) in [5, 5.41) is 13.7. The summed E-state index contributed by atoms with van der Waals surface area (Å²) in [5.74, 6) is 0. The third-order valence-corrected chi connectivity index (χ3v) is 3.61. The molecule has 1 fully saturated rings. The molecule has 0 aliphatic heterocycles. The standard InChI is InChI=1S/C14H23N3O/c1-3-16-12-8-13(10-15-9-12)17(2)11-14(18)6-4-5-7-14/h8-10,16,18H,3-7,11H2,1-2H3. The lowest BCUT2D eigenvalue weighted by Crippen LogP contribution is -2.39. The summed E-state index contributed by atoms with van der Waals surface area (Å²) in [6.07, 6.45) is 7.78. The van der Waals surface area contributed by atoms with Gasteiger partial charge in [-0.1, -0.05) is 12.8 Å². The zero-order chi connectivity index (χ0) is 13.0. The van der Waals surface area contributed by atoms with Crippen LogP contribution < -0.4 is 10.2 Å². The van der Waals surface area contributed by atoms with Crippen LogP contribution in [0.1, 0.15) is 32.6 Å². The number of hydrogen-bond acceptors (Lipinski definition) is 4. The third kappa shape index (κ3) is 3.13. The van der Waals surface area contributed by atoms with Gasteiger partial charge in [0.05, 0.1) is 29.4 Å². The van der Waals surface area contributed by atoms with Crippen molar-refractivity contribution in [1.82, 2.24) is 4.98 Å². The number of rotatable bonds is 5. The summed E-state index contributed by atoms with van der Waals surface area (Å²) in [5.41, 5.74) is 1.57. The van der Waals surface area contributed by atoms with E-state index in [9.17, 15) is 5.11 Å². The Balaban J connectivity index is 2.03. The van der Waals surface area contributed by atoms with Crippen LogP contribution in [0, 0.1) is 0 Å². The first kappa shape index (κ1) is 13.1. The van der Waals surface area contributed by atoms with Gasteiger partial charge in [0.1, 0.15) is 0 Å². The average Bonchev–Trinajstić information content (AvgIpc) is 2.76. The highest BCUT2D eigenvalue weighted by Crippen LogP contribution is 2.31. The highest BCUT2D eigenvalue weighted by Gasteiger charge is 2.32. The van der Waals surface area contributed by atoms with E-state index in [-0.39, 0.29) is 0 Å². The quantitative estimate of drug-likeness (QED) is 0.840. The van der Waals surface area contributed by atoms with Crippen molar-refractivity contribution in [1.29, 1.82) is 0 Å². The van der Waals surface area contributed by atoms with Gasteiger partial charge in [0.25, 0.3) is 0 Å². The molecule has 1 aliphatic carbocycles. The molecule has 0 aromatic carbocycles. The summed E-state index contributed by atoms with van der Waals surface area (Å²) >= 11 is 0. The van der Waals surface area contributed by atoms with Crippen LogP contribution in [0.2, 0.25) is 0 Å². The molecule has 1 heterocycles. The van der Waals surface area contributed by atoms with Gasteiger partial charge in [-0.25, -0.2) is 0 Å². The van der Waals surface area contributed by atoms with E-state index in [1.807, 2.05) is 19.4 Å². The van der Waals surface area contributed by atoms with Gasteiger partial charge < -0.3 is 15.3 Å². The minimum Gasteiger partial charge on any atom is -0.388 e. The van der Waals surface area contributed by atoms with Gasteiger partial charge in [-0.2, -0.15) is 0 Å². The first-order chi connectivity index (χ1) is 8.63. The van der Waals surface area contributed by atoms with Gasteiger partial charge in [0.15, 0.2) is 0 Å². The Bertz CT molecular complexity index is 388. The van der Waals surface area contributed by atoms with Crippen LogP contribution in [-0.4, -0.2) is 35.8 Å². The number of anilines is 2. The molecule has 100 valence electrons. The lowest BCUT2D eigenvalue weighted by molar-refractivity contribution is 0.0559. The minimum atomic E-state index is -0.511. The van der Waals surface area contributed by atoms with E-state index >= 15 is 0 Å². The predicted octanol–water partition coefficient (Wildman–Crippen LogP) is 2.25. The number of aliphatic hydroxyl groups is 1. The molecule has 4 heteroatoms. The second kappa shape index (κ2) is 5.57. The van der Waals surface area contributed by atoms with Gasteiger partial charge >= 0.3 is 0 Å². The summed E-state index contributed by atoms with van der Waals surface area (Å²) in [6, 6.07) is 2.08. The number of aromatic nitrogens is 1. The maximum Gasteiger partial charge on any atom is 0.0821 e. The van der Waals surface area contributed by atoms with E-state index in [1.54, 1.807) is 0 Å². The smallest absolute Gasteiger partial charge is 0.0821 e. The third-order valence-electron chi connectivity index (χ3n) is 3.61. The van der Waals surface area contributed by atoms with Crippen molar-refractivity contribution in [3.63, 3.8) is 0 Å². The Morgan fingerprint density at radius 2 is 2.11 bits per heavy atom. The molecule has 1 saturated carbocycles. The summed E-state index contributed by atoms with van der Waals surface area (Å²) in [4.78, 5) is 6.33. The monoisotopic (exact) mass is 249 g/mol. The van der Waals surface area contributed by atoms with Gasteiger partial charge in [-0.05, 0) is 25.8 Å². The summed E-state index contributed by atoms with van der Waals surface area (Å²) in [6.45, 7) is 3.64. The normalized spacial score (nSPS) is 17.7. The molecule has 0 amide bonds. The second-order valence-electron chi connectivity index (χ2n) is 5.25. The highest BCUT2D eigenvalue weighted by atomic mass is 16.3. The molecule has 0 radical (unpaired) electrons. The van der Waals surface area contributed by atoms with Crippen LogP contribution in [0.5, 0.6) is 0 Å². The Hall–Kier alpha value is -1.29. The second-order valence-corrected chi connectivity index (χ2v) is 5.25. The van der Waals surface area contributed by atoms with E-state index in [4.69, 9.17) is 0 Å². The highest BCUT2D eigenvalue weighted by molar-refractivity contribution is 5.55. The van der Waals surface area contributed by atoms with E-state index in [0.29, 0.717) is 6.54 Å². The van der Waals surface area contributed by atoms with Crippen LogP contribution in [0.3, 0.4) is 0 Å². The zero-order valence-corrected chi connectivity index (χ0v) is 11.3. The number of likely N-dealkylation sites (N-methyl/N-ethyl adjacent to an activating group) is 1. The Labute approximate surface area is 109 Å². The fourth-order valence-corrected chi connectivity index (χ4v) is 2.66. The molecule has 18 heavy (non-hydrogen) atoms. The topological polar surface area (TPSA) is 48.4 Å². The van der Waals surface area contributed by atoms with Crippen molar-refractivity contribution >= 4 is 11.4 Å².